The monoisotopic (exact) mass is 191 g/mol. The Kier molecular flexibility index (Phi) is 2.25. The Balaban J connectivity index is 2.99. The van der Waals surface area contributed by atoms with E-state index in [1.807, 2.05) is 0 Å². The van der Waals surface area contributed by atoms with Gasteiger partial charge in [0, 0.05) is 11.6 Å². The average molecular weight is 191 g/mol. The Morgan fingerprint density at radius 2 is 2.25 bits per heavy atom. The maximum absolute atomic E-state index is 10.4. The van der Waals surface area contributed by atoms with Gasteiger partial charge in [0.15, 0.2) is 0 Å². The first-order valence-electron chi connectivity index (χ1n) is 2.88. The zero-order valence-electron chi connectivity index (χ0n) is 5.80. The minimum absolute atomic E-state index is 0.182. The lowest BCUT2D eigenvalue weighted by molar-refractivity contribution is 0.407. The number of furan rings is 1. The van der Waals surface area contributed by atoms with Gasteiger partial charge in [0.05, 0.1) is 6.26 Å². The molecule has 7 heteroatoms. The van der Waals surface area contributed by atoms with E-state index in [0.717, 1.165) is 12.3 Å². The van der Waals surface area contributed by atoms with Gasteiger partial charge in [-0.15, -0.1) is 0 Å². The van der Waals surface area contributed by atoms with Crippen LogP contribution in [-0.2, 0) is 16.7 Å². The Bertz CT molecular complexity index is 378. The molecule has 0 saturated heterocycles. The summed E-state index contributed by atoms with van der Waals surface area (Å²) in [6.07, 6.45) is 1.05. The van der Waals surface area contributed by atoms with Gasteiger partial charge in [0.1, 0.15) is 6.54 Å². The third-order valence-corrected chi connectivity index (χ3v) is 1.85. The zero-order chi connectivity index (χ0) is 9.19. The first kappa shape index (κ1) is 8.88. The molecule has 1 rings (SSSR count). The van der Waals surface area contributed by atoms with Crippen LogP contribution in [0.2, 0.25) is 0 Å². The van der Waals surface area contributed by atoms with Gasteiger partial charge in [-0.25, -0.2) is 0 Å². The van der Waals surface area contributed by atoms with Gasteiger partial charge in [0.2, 0.25) is 5.09 Å². The van der Waals surface area contributed by atoms with Crippen LogP contribution in [0.15, 0.2) is 27.0 Å². The molecule has 0 bridgehead atoms. The predicted molar refractivity (Wildman–Crippen MR) is 38.0 cm³/mol. The van der Waals surface area contributed by atoms with E-state index in [1.165, 1.54) is 0 Å². The van der Waals surface area contributed by atoms with Crippen LogP contribution in [0.1, 0.15) is 5.56 Å². The van der Waals surface area contributed by atoms with E-state index < -0.39 is 15.2 Å². The molecule has 66 valence electrons. The summed E-state index contributed by atoms with van der Waals surface area (Å²) < 4.78 is 33.7. The summed E-state index contributed by atoms with van der Waals surface area (Å²) in [4.78, 5) is 9.73. The maximum atomic E-state index is 10.4. The van der Waals surface area contributed by atoms with E-state index in [-0.39, 0.29) is 6.54 Å². The third kappa shape index (κ3) is 1.89. The summed E-state index contributed by atoms with van der Waals surface area (Å²) in [5.74, 6) is 0. The van der Waals surface area contributed by atoms with Crippen molar-refractivity contribution in [2.45, 2.75) is 11.6 Å². The molecule has 0 aliphatic heterocycles. The van der Waals surface area contributed by atoms with Crippen molar-refractivity contribution in [1.82, 2.24) is 0 Å². The Morgan fingerprint density at radius 3 is 2.67 bits per heavy atom. The van der Waals surface area contributed by atoms with Crippen molar-refractivity contribution < 1.29 is 17.4 Å². The molecule has 0 spiro atoms. The molecule has 1 heterocycles. The minimum atomic E-state index is -4.31. The van der Waals surface area contributed by atoms with E-state index in [9.17, 15) is 13.3 Å². The standard InChI is InChI=1S/C5H5NO5S/c7-6-2-4-1-5(11-3-4)12(8,9)10/h1,3H,2H2,(H,8,9,10). The topological polar surface area (TPSA) is 96.9 Å². The molecular formula is C5H5NO5S. The highest BCUT2D eigenvalue weighted by Crippen LogP contribution is 2.13. The van der Waals surface area contributed by atoms with Crippen molar-refractivity contribution in [3.05, 3.63) is 22.8 Å². The van der Waals surface area contributed by atoms with Gasteiger partial charge < -0.3 is 4.42 Å². The quantitative estimate of drug-likeness (QED) is 0.562. The molecule has 1 N–H and O–H groups in total. The first-order valence-corrected chi connectivity index (χ1v) is 4.32. The summed E-state index contributed by atoms with van der Waals surface area (Å²) in [5, 5.41) is 1.93. The first-order chi connectivity index (χ1) is 5.54. The second kappa shape index (κ2) is 3.03. The van der Waals surface area contributed by atoms with Crippen molar-refractivity contribution in [3.8, 4) is 0 Å². The molecular weight excluding hydrogens is 186 g/mol. The van der Waals surface area contributed by atoms with Crippen LogP contribution in [0.4, 0.5) is 0 Å². The van der Waals surface area contributed by atoms with Crippen LogP contribution in [0.5, 0.6) is 0 Å². The lowest BCUT2D eigenvalue weighted by Gasteiger charge is -1.85. The molecule has 0 unspecified atom stereocenters. The molecule has 0 fully saturated rings. The van der Waals surface area contributed by atoms with E-state index in [4.69, 9.17) is 4.55 Å². The van der Waals surface area contributed by atoms with Gasteiger partial charge in [-0.05, 0) is 0 Å². The predicted octanol–water partition coefficient (Wildman–Crippen LogP) is 0.793. The Morgan fingerprint density at radius 1 is 1.58 bits per heavy atom. The fourth-order valence-electron chi connectivity index (χ4n) is 0.646. The van der Waals surface area contributed by atoms with Crippen molar-refractivity contribution in [1.29, 1.82) is 0 Å². The molecule has 0 aliphatic rings. The van der Waals surface area contributed by atoms with Gasteiger partial charge >= 0.3 is 10.1 Å². The molecule has 0 radical (unpaired) electrons. The number of nitrogens with zero attached hydrogens (tertiary/aromatic N) is 1. The summed E-state index contributed by atoms with van der Waals surface area (Å²) in [6, 6.07) is 1.04. The molecule has 1 aromatic rings. The Hall–Kier alpha value is -1.21. The lowest BCUT2D eigenvalue weighted by Crippen LogP contribution is -1.94. The van der Waals surface area contributed by atoms with Gasteiger partial charge in [-0.2, -0.15) is 13.3 Å². The second-order valence-electron chi connectivity index (χ2n) is 2.04. The van der Waals surface area contributed by atoms with Crippen LogP contribution in [-0.4, -0.2) is 13.0 Å². The third-order valence-electron chi connectivity index (χ3n) is 1.13. The highest BCUT2D eigenvalue weighted by molar-refractivity contribution is 7.85. The van der Waals surface area contributed by atoms with Gasteiger partial charge in [-0.3, -0.25) is 4.55 Å². The van der Waals surface area contributed by atoms with Crippen molar-refractivity contribution in [2.75, 3.05) is 0 Å². The van der Waals surface area contributed by atoms with Crippen LogP contribution < -0.4 is 0 Å². The van der Waals surface area contributed by atoms with Crippen molar-refractivity contribution in [3.63, 3.8) is 0 Å². The smallest absolute Gasteiger partial charge is 0.328 e. The molecule has 12 heavy (non-hydrogen) atoms. The molecule has 0 amide bonds. The SMILES string of the molecule is O=NCc1coc(S(=O)(=O)O)c1. The molecule has 0 atom stereocenters. The fraction of sp³-hybridized carbons (Fsp3) is 0.200. The Labute approximate surface area is 67.9 Å². The van der Waals surface area contributed by atoms with E-state index in [0.29, 0.717) is 5.56 Å². The average Bonchev–Trinajstić information content (AvgIpc) is 2.35. The summed E-state index contributed by atoms with van der Waals surface area (Å²) in [5.41, 5.74) is 0.303. The summed E-state index contributed by atoms with van der Waals surface area (Å²) in [6.45, 7) is -0.182. The van der Waals surface area contributed by atoms with Crippen LogP contribution in [0.3, 0.4) is 0 Å². The highest BCUT2D eigenvalue weighted by atomic mass is 32.2. The fourth-order valence-corrected chi connectivity index (χ4v) is 1.12. The van der Waals surface area contributed by atoms with Crippen LogP contribution in [0.25, 0.3) is 0 Å². The number of rotatable bonds is 3. The molecule has 1 aromatic heterocycles. The minimum Gasteiger partial charge on any atom is -0.450 e. The van der Waals surface area contributed by atoms with Gasteiger partial charge in [0.25, 0.3) is 0 Å². The molecule has 6 nitrogen and oxygen atoms in total. The van der Waals surface area contributed by atoms with E-state index >= 15 is 0 Å². The molecule has 0 aliphatic carbocycles. The number of hydrogen-bond donors (Lipinski definition) is 1. The van der Waals surface area contributed by atoms with Gasteiger partial charge in [-0.1, -0.05) is 5.18 Å². The van der Waals surface area contributed by atoms with Crippen LogP contribution in [0, 0.1) is 4.91 Å². The van der Waals surface area contributed by atoms with Crippen molar-refractivity contribution in [2.24, 2.45) is 5.18 Å². The second-order valence-corrected chi connectivity index (χ2v) is 3.39. The summed E-state index contributed by atoms with van der Waals surface area (Å²) >= 11 is 0. The highest BCUT2D eigenvalue weighted by Gasteiger charge is 2.14. The maximum Gasteiger partial charge on any atom is 0.328 e. The number of hydrogen-bond acceptors (Lipinski definition) is 5. The normalized spacial score (nSPS) is 11.4. The van der Waals surface area contributed by atoms with E-state index in [1.54, 1.807) is 0 Å². The van der Waals surface area contributed by atoms with E-state index in [2.05, 4.69) is 9.59 Å². The van der Waals surface area contributed by atoms with Crippen molar-refractivity contribution >= 4 is 10.1 Å². The summed E-state index contributed by atoms with van der Waals surface area (Å²) in [7, 11) is -4.31. The zero-order valence-corrected chi connectivity index (χ0v) is 6.61. The largest absolute Gasteiger partial charge is 0.450 e. The molecule has 0 saturated carbocycles. The van der Waals surface area contributed by atoms with Crippen LogP contribution >= 0.6 is 0 Å². The number of nitroso groups, excluding NO2 is 1. The lowest BCUT2D eigenvalue weighted by atomic mass is 10.3. The molecule has 0 aromatic carbocycles.